The van der Waals surface area contributed by atoms with Gasteiger partial charge < -0.3 is 4.74 Å². The van der Waals surface area contributed by atoms with Crippen molar-refractivity contribution < 1.29 is 14.3 Å². The highest BCUT2D eigenvalue weighted by molar-refractivity contribution is 7.13. The molecule has 0 saturated carbocycles. The Morgan fingerprint density at radius 3 is 2.71 bits per heavy atom. The fourth-order valence-corrected chi connectivity index (χ4v) is 4.51. The first-order valence-corrected chi connectivity index (χ1v) is 11.8. The molecule has 0 bridgehead atoms. The van der Waals surface area contributed by atoms with Gasteiger partial charge in [0.2, 0.25) is 0 Å². The molecule has 1 saturated heterocycles. The second kappa shape index (κ2) is 12.4. The number of thiazole rings is 1. The van der Waals surface area contributed by atoms with Crippen LogP contribution < -0.4 is 10.6 Å². The number of rotatable bonds is 7. The Morgan fingerprint density at radius 2 is 1.91 bits per heavy atom. The Morgan fingerprint density at radius 1 is 1.12 bits per heavy atom. The summed E-state index contributed by atoms with van der Waals surface area (Å²) in [5, 5.41) is 8.07. The number of carbonyl (C=O) groups is 2. The number of likely N-dealkylation sites (tertiary alicyclic amines) is 1. The number of pyridine rings is 2. The van der Waals surface area contributed by atoms with Crippen molar-refractivity contribution in [2.24, 2.45) is 0 Å². The Kier molecular flexibility index (Phi) is 9.32. The second-order valence-corrected chi connectivity index (χ2v) is 8.46. The molecule has 180 valence electrons. The number of hydrogen-bond acceptors (Lipinski definition) is 8. The number of ether oxygens (including phenoxy) is 1. The molecule has 34 heavy (non-hydrogen) atoms. The summed E-state index contributed by atoms with van der Waals surface area (Å²) in [7, 11) is 0. The van der Waals surface area contributed by atoms with Crippen LogP contribution in [0, 0.1) is 0 Å². The molecule has 2 amide bonds. The van der Waals surface area contributed by atoms with Crippen LogP contribution >= 0.6 is 23.7 Å². The van der Waals surface area contributed by atoms with E-state index in [1.165, 1.54) is 11.3 Å². The predicted molar refractivity (Wildman–Crippen MR) is 134 cm³/mol. The highest BCUT2D eigenvalue weighted by Crippen LogP contribution is 2.25. The molecule has 0 radical (unpaired) electrons. The van der Waals surface area contributed by atoms with E-state index in [2.05, 4.69) is 30.5 Å². The fraction of sp³-hybridized carbons (Fsp3) is 0.348. The van der Waals surface area contributed by atoms with Crippen LogP contribution in [0.4, 0.5) is 16.4 Å². The molecular formula is C23H27ClN6O3S. The minimum atomic E-state index is -0.423. The molecule has 2 N–H and O–H groups in total. The van der Waals surface area contributed by atoms with Gasteiger partial charge in [0.25, 0.3) is 0 Å². The summed E-state index contributed by atoms with van der Waals surface area (Å²) in [6, 6.07) is 8.52. The van der Waals surface area contributed by atoms with Gasteiger partial charge in [-0.1, -0.05) is 12.5 Å². The van der Waals surface area contributed by atoms with Crippen LogP contribution in [-0.2, 0) is 16.1 Å². The van der Waals surface area contributed by atoms with Crippen LogP contribution in [0.25, 0.3) is 10.6 Å². The van der Waals surface area contributed by atoms with Gasteiger partial charge in [-0.25, -0.2) is 14.8 Å². The average molecular weight is 503 g/mol. The second-order valence-electron chi connectivity index (χ2n) is 7.60. The van der Waals surface area contributed by atoms with Gasteiger partial charge in [0, 0.05) is 29.9 Å². The first kappa shape index (κ1) is 25.5. The van der Waals surface area contributed by atoms with Crippen molar-refractivity contribution in [2.75, 3.05) is 23.8 Å². The minimum absolute atomic E-state index is 0. The molecule has 1 atom stereocenters. The monoisotopic (exact) mass is 502 g/mol. The molecule has 4 heterocycles. The molecule has 9 nitrogen and oxygen atoms in total. The molecule has 1 unspecified atom stereocenters. The van der Waals surface area contributed by atoms with E-state index < -0.39 is 6.03 Å². The third-order valence-electron chi connectivity index (χ3n) is 5.26. The number of nitrogens with one attached hydrogen (secondary N) is 2. The molecule has 3 aromatic heterocycles. The Bertz CT molecular complexity index is 1100. The average Bonchev–Trinajstić information content (AvgIpc) is 3.29. The van der Waals surface area contributed by atoms with Gasteiger partial charge in [-0.05, 0) is 50.6 Å². The van der Waals surface area contributed by atoms with Gasteiger partial charge in [-0.15, -0.1) is 23.7 Å². The molecule has 4 rings (SSSR count). The molecule has 11 heteroatoms. The Balaban J connectivity index is 0.00000324. The van der Waals surface area contributed by atoms with Crippen LogP contribution in [0.3, 0.4) is 0 Å². The number of anilines is 2. The zero-order valence-corrected chi connectivity index (χ0v) is 20.4. The van der Waals surface area contributed by atoms with Crippen molar-refractivity contribution in [3.05, 3.63) is 53.8 Å². The van der Waals surface area contributed by atoms with Crippen LogP contribution in [0.15, 0.2) is 48.1 Å². The summed E-state index contributed by atoms with van der Waals surface area (Å²) in [6.07, 6.45) is 6.23. The lowest BCUT2D eigenvalue weighted by Crippen LogP contribution is -2.45. The van der Waals surface area contributed by atoms with E-state index in [0.29, 0.717) is 24.8 Å². The van der Waals surface area contributed by atoms with Crippen LogP contribution in [0.5, 0.6) is 0 Å². The van der Waals surface area contributed by atoms with Crippen molar-refractivity contribution in [3.8, 4) is 10.6 Å². The number of esters is 1. The van der Waals surface area contributed by atoms with Gasteiger partial charge in [0.15, 0.2) is 0 Å². The SMILES string of the molecule is CCOC(=O)C1CCCCN1Cc1cccc(NC(=O)Nc2csc(-c3ccncc3)n2)n1.Cl. The van der Waals surface area contributed by atoms with E-state index >= 15 is 0 Å². The van der Waals surface area contributed by atoms with Crippen molar-refractivity contribution in [3.63, 3.8) is 0 Å². The number of amides is 2. The third kappa shape index (κ3) is 6.72. The van der Waals surface area contributed by atoms with Crippen molar-refractivity contribution >= 4 is 47.4 Å². The number of halogens is 1. The normalized spacial score (nSPS) is 15.7. The number of urea groups is 1. The third-order valence-corrected chi connectivity index (χ3v) is 6.15. The molecule has 3 aromatic rings. The summed E-state index contributed by atoms with van der Waals surface area (Å²) in [4.78, 5) is 39.9. The lowest BCUT2D eigenvalue weighted by Gasteiger charge is -2.33. The van der Waals surface area contributed by atoms with Gasteiger partial charge in [-0.2, -0.15) is 0 Å². The molecule has 1 aliphatic heterocycles. The molecule has 0 spiro atoms. The lowest BCUT2D eigenvalue weighted by atomic mass is 10.0. The first-order valence-electron chi connectivity index (χ1n) is 10.9. The Hall–Kier alpha value is -3.08. The largest absolute Gasteiger partial charge is 0.465 e. The standard InChI is InChI=1S/C23H26N6O3S.ClH/c1-2-32-22(30)18-7-3-4-13-29(18)14-17-6-5-8-19(25-17)27-23(31)28-20-15-33-21(26-20)16-9-11-24-12-10-16;/h5-6,8-12,15,18H,2-4,7,13-14H2,1H3,(H2,25,27,28,31);1H. The minimum Gasteiger partial charge on any atom is -0.465 e. The smallest absolute Gasteiger partial charge is 0.326 e. The van der Waals surface area contributed by atoms with Gasteiger partial charge >= 0.3 is 12.0 Å². The number of aromatic nitrogens is 3. The molecular weight excluding hydrogens is 476 g/mol. The zero-order valence-electron chi connectivity index (χ0n) is 18.8. The van der Waals surface area contributed by atoms with E-state index in [1.807, 2.05) is 31.2 Å². The maximum Gasteiger partial charge on any atom is 0.326 e. The maximum absolute atomic E-state index is 12.5. The van der Waals surface area contributed by atoms with Gasteiger partial charge in [-0.3, -0.25) is 25.3 Å². The van der Waals surface area contributed by atoms with Crippen LogP contribution in [0.1, 0.15) is 31.9 Å². The van der Waals surface area contributed by atoms with Gasteiger partial charge in [0.05, 0.1) is 12.3 Å². The van der Waals surface area contributed by atoms with Crippen LogP contribution in [0.2, 0.25) is 0 Å². The van der Waals surface area contributed by atoms with Gasteiger partial charge in [0.1, 0.15) is 22.7 Å². The predicted octanol–water partition coefficient (Wildman–Crippen LogP) is 4.58. The lowest BCUT2D eigenvalue weighted by molar-refractivity contribution is -0.151. The first-order chi connectivity index (χ1) is 16.1. The number of carbonyl (C=O) groups excluding carboxylic acids is 2. The Labute approximate surface area is 208 Å². The summed E-state index contributed by atoms with van der Waals surface area (Å²) in [6.45, 7) is 3.52. The van der Waals surface area contributed by atoms with Crippen molar-refractivity contribution in [1.29, 1.82) is 0 Å². The number of hydrogen-bond donors (Lipinski definition) is 2. The van der Waals surface area contributed by atoms with Crippen molar-refractivity contribution in [2.45, 2.75) is 38.8 Å². The molecule has 0 aliphatic carbocycles. The van der Waals surface area contributed by atoms with Crippen molar-refractivity contribution in [1.82, 2.24) is 19.9 Å². The van der Waals surface area contributed by atoms with E-state index in [9.17, 15) is 9.59 Å². The number of nitrogens with zero attached hydrogens (tertiary/aromatic N) is 4. The quantitative estimate of drug-likeness (QED) is 0.455. The van der Waals surface area contributed by atoms with E-state index in [1.54, 1.807) is 23.8 Å². The summed E-state index contributed by atoms with van der Waals surface area (Å²) in [5.41, 5.74) is 1.72. The summed E-state index contributed by atoms with van der Waals surface area (Å²) < 4.78 is 5.24. The zero-order chi connectivity index (χ0) is 23.0. The molecule has 1 fully saturated rings. The summed E-state index contributed by atoms with van der Waals surface area (Å²) >= 11 is 1.44. The van der Waals surface area contributed by atoms with E-state index in [4.69, 9.17) is 4.74 Å². The van der Waals surface area contributed by atoms with E-state index in [-0.39, 0.29) is 24.4 Å². The number of piperidine rings is 1. The van der Waals surface area contributed by atoms with Crippen LogP contribution in [-0.4, -0.2) is 51.0 Å². The highest BCUT2D eigenvalue weighted by Gasteiger charge is 2.30. The fourth-order valence-electron chi connectivity index (χ4n) is 3.75. The molecule has 0 aromatic carbocycles. The highest BCUT2D eigenvalue weighted by atomic mass is 35.5. The topological polar surface area (TPSA) is 109 Å². The van der Waals surface area contributed by atoms with E-state index in [0.717, 1.165) is 42.1 Å². The molecule has 1 aliphatic rings. The summed E-state index contributed by atoms with van der Waals surface area (Å²) in [5.74, 6) is 0.714. The maximum atomic E-state index is 12.5.